The van der Waals surface area contributed by atoms with Crippen LogP contribution >= 0.6 is 0 Å². The minimum atomic E-state index is 0.0839. The van der Waals surface area contributed by atoms with Crippen molar-refractivity contribution < 1.29 is 0 Å². The summed E-state index contributed by atoms with van der Waals surface area (Å²) in [6.07, 6.45) is 4.50. The minimum absolute atomic E-state index is 0.0839. The molecule has 0 aliphatic carbocycles. The average molecular weight is 201 g/mol. The second kappa shape index (κ2) is 3.26. The molecule has 2 aromatic rings. The molecule has 0 amide bonds. The quantitative estimate of drug-likeness (QED) is 0.653. The number of nitrogen functional groups attached to an aromatic ring is 2. The van der Waals surface area contributed by atoms with E-state index < -0.39 is 0 Å². The molecule has 15 heavy (non-hydrogen) atoms. The molecule has 0 saturated carbocycles. The number of nitrogens with zero attached hydrogens (tertiary/aromatic N) is 5. The zero-order chi connectivity index (χ0) is 10.8. The van der Waals surface area contributed by atoms with E-state index in [4.69, 9.17) is 16.7 Å². The van der Waals surface area contributed by atoms with Crippen LogP contribution in [0.1, 0.15) is 5.56 Å². The first-order chi connectivity index (χ1) is 7.24. The molecule has 7 nitrogen and oxygen atoms in total. The number of anilines is 2. The predicted molar refractivity (Wildman–Crippen MR) is 52.7 cm³/mol. The largest absolute Gasteiger partial charge is 0.382 e. The van der Waals surface area contributed by atoms with Crippen molar-refractivity contribution in [3.63, 3.8) is 0 Å². The number of aromatic nitrogens is 4. The van der Waals surface area contributed by atoms with E-state index in [-0.39, 0.29) is 17.2 Å². The molecule has 2 heterocycles. The lowest BCUT2D eigenvalue weighted by molar-refractivity contribution is 0.852. The summed E-state index contributed by atoms with van der Waals surface area (Å²) in [4.78, 5) is 7.86. The molecule has 0 aromatic carbocycles. The van der Waals surface area contributed by atoms with E-state index in [1.165, 1.54) is 23.3 Å². The molecule has 74 valence electrons. The summed E-state index contributed by atoms with van der Waals surface area (Å²) in [6, 6.07) is 1.87. The van der Waals surface area contributed by atoms with Gasteiger partial charge in [-0.3, -0.25) is 4.98 Å². The normalized spacial score (nSPS) is 9.80. The Kier molecular flexibility index (Phi) is 1.95. The fourth-order valence-corrected chi connectivity index (χ4v) is 1.14. The first-order valence-electron chi connectivity index (χ1n) is 4.04. The Hall–Kier alpha value is -2.62. The molecule has 2 rings (SSSR count). The van der Waals surface area contributed by atoms with Gasteiger partial charge in [0.1, 0.15) is 17.5 Å². The van der Waals surface area contributed by atoms with Crippen LogP contribution in [0.25, 0.3) is 5.82 Å². The first kappa shape index (κ1) is 8.96. The molecule has 0 saturated heterocycles. The monoisotopic (exact) mass is 201 g/mol. The number of nitrogens with two attached hydrogens (primary N) is 2. The van der Waals surface area contributed by atoms with Crippen LogP contribution in [0, 0.1) is 11.3 Å². The lowest BCUT2D eigenvalue weighted by atomic mass is 10.3. The number of nitriles is 1. The van der Waals surface area contributed by atoms with Crippen molar-refractivity contribution in [2.24, 2.45) is 0 Å². The van der Waals surface area contributed by atoms with Crippen LogP contribution in [0.15, 0.2) is 18.6 Å². The van der Waals surface area contributed by atoms with Gasteiger partial charge in [-0.25, -0.2) is 4.98 Å². The predicted octanol–water partition coefficient (Wildman–Crippen LogP) is -0.302. The Morgan fingerprint density at radius 3 is 2.67 bits per heavy atom. The van der Waals surface area contributed by atoms with Gasteiger partial charge in [0.05, 0.1) is 6.20 Å². The van der Waals surface area contributed by atoms with Gasteiger partial charge >= 0.3 is 0 Å². The first-order valence-corrected chi connectivity index (χ1v) is 4.04. The van der Waals surface area contributed by atoms with Gasteiger partial charge in [-0.05, 0) is 0 Å². The van der Waals surface area contributed by atoms with Gasteiger partial charge in [-0.1, -0.05) is 0 Å². The molecule has 4 N–H and O–H groups in total. The maximum absolute atomic E-state index is 8.76. The molecule has 0 atom stereocenters. The molecule has 0 spiro atoms. The Labute approximate surface area is 85.0 Å². The number of rotatable bonds is 1. The van der Waals surface area contributed by atoms with Crippen molar-refractivity contribution in [3.05, 3.63) is 24.2 Å². The van der Waals surface area contributed by atoms with E-state index in [2.05, 4.69) is 15.1 Å². The summed E-state index contributed by atoms with van der Waals surface area (Å²) in [7, 11) is 0. The molecular weight excluding hydrogens is 194 g/mol. The van der Waals surface area contributed by atoms with Gasteiger partial charge in [0.25, 0.3) is 0 Å². The van der Waals surface area contributed by atoms with Crippen LogP contribution in [0.5, 0.6) is 0 Å². The molecule has 0 fully saturated rings. The highest BCUT2D eigenvalue weighted by molar-refractivity contribution is 5.63. The third-order valence-electron chi connectivity index (χ3n) is 1.83. The van der Waals surface area contributed by atoms with Gasteiger partial charge < -0.3 is 11.5 Å². The fourth-order valence-electron chi connectivity index (χ4n) is 1.14. The maximum Gasteiger partial charge on any atom is 0.174 e. The van der Waals surface area contributed by atoms with Crippen molar-refractivity contribution in [3.8, 4) is 11.9 Å². The zero-order valence-corrected chi connectivity index (χ0v) is 7.62. The molecule has 0 aliphatic heterocycles. The molecule has 0 aliphatic rings. The SMILES string of the molecule is N#Cc1c(N)nn(-c2cnccn2)c1N. The van der Waals surface area contributed by atoms with Crippen LogP contribution in [-0.2, 0) is 0 Å². The number of hydrogen-bond acceptors (Lipinski definition) is 6. The average Bonchev–Trinajstić information content (AvgIpc) is 2.55. The summed E-state index contributed by atoms with van der Waals surface area (Å²) in [6.45, 7) is 0. The molecular formula is C8H7N7. The van der Waals surface area contributed by atoms with Gasteiger partial charge in [0, 0.05) is 12.4 Å². The Balaban J connectivity index is 2.62. The lowest BCUT2D eigenvalue weighted by Crippen LogP contribution is -2.04. The second-order valence-corrected chi connectivity index (χ2v) is 2.73. The summed E-state index contributed by atoms with van der Waals surface area (Å²) in [5.41, 5.74) is 11.3. The standard InChI is InChI=1S/C8H7N7/c9-3-5-7(10)14-15(8(5)11)6-4-12-1-2-13-6/h1-2,4H,11H2,(H2,10,14). The van der Waals surface area contributed by atoms with E-state index in [9.17, 15) is 0 Å². The van der Waals surface area contributed by atoms with Crippen molar-refractivity contribution in [2.45, 2.75) is 0 Å². The highest BCUT2D eigenvalue weighted by Gasteiger charge is 2.14. The third-order valence-corrected chi connectivity index (χ3v) is 1.83. The van der Waals surface area contributed by atoms with E-state index in [0.29, 0.717) is 5.82 Å². The van der Waals surface area contributed by atoms with E-state index in [1.807, 2.05) is 6.07 Å². The third kappa shape index (κ3) is 1.34. The summed E-state index contributed by atoms with van der Waals surface area (Å²) < 4.78 is 1.28. The molecule has 0 unspecified atom stereocenters. The Morgan fingerprint density at radius 1 is 1.33 bits per heavy atom. The molecule has 7 heteroatoms. The summed E-state index contributed by atoms with van der Waals surface area (Å²) in [5, 5.41) is 12.7. The van der Waals surface area contributed by atoms with Crippen LogP contribution in [0.4, 0.5) is 11.6 Å². The van der Waals surface area contributed by atoms with Crippen molar-refractivity contribution in [1.82, 2.24) is 19.7 Å². The van der Waals surface area contributed by atoms with Crippen molar-refractivity contribution in [1.29, 1.82) is 5.26 Å². The number of hydrogen-bond donors (Lipinski definition) is 2. The van der Waals surface area contributed by atoms with Crippen LogP contribution in [0.2, 0.25) is 0 Å². The Bertz CT molecular complexity index is 522. The van der Waals surface area contributed by atoms with Crippen LogP contribution in [0.3, 0.4) is 0 Å². The van der Waals surface area contributed by atoms with E-state index in [1.54, 1.807) is 0 Å². The topological polar surface area (TPSA) is 119 Å². The van der Waals surface area contributed by atoms with E-state index in [0.717, 1.165) is 0 Å². The van der Waals surface area contributed by atoms with Gasteiger partial charge in [0.2, 0.25) is 0 Å². The zero-order valence-electron chi connectivity index (χ0n) is 7.62. The highest BCUT2D eigenvalue weighted by atomic mass is 15.4. The lowest BCUT2D eigenvalue weighted by Gasteiger charge is -2.00. The van der Waals surface area contributed by atoms with Gasteiger partial charge in [-0.2, -0.15) is 9.94 Å². The highest BCUT2D eigenvalue weighted by Crippen LogP contribution is 2.19. The molecule has 2 aromatic heterocycles. The second-order valence-electron chi connectivity index (χ2n) is 2.73. The van der Waals surface area contributed by atoms with Crippen LogP contribution in [-0.4, -0.2) is 19.7 Å². The van der Waals surface area contributed by atoms with Gasteiger partial charge in [-0.15, -0.1) is 5.10 Å². The van der Waals surface area contributed by atoms with Crippen molar-refractivity contribution in [2.75, 3.05) is 11.5 Å². The molecule has 0 bridgehead atoms. The van der Waals surface area contributed by atoms with E-state index >= 15 is 0 Å². The van der Waals surface area contributed by atoms with Crippen molar-refractivity contribution >= 4 is 11.6 Å². The smallest absolute Gasteiger partial charge is 0.174 e. The Morgan fingerprint density at radius 2 is 2.13 bits per heavy atom. The summed E-state index contributed by atoms with van der Waals surface area (Å²) >= 11 is 0. The summed E-state index contributed by atoms with van der Waals surface area (Å²) in [5.74, 6) is 0.666. The minimum Gasteiger partial charge on any atom is -0.382 e. The fraction of sp³-hybridized carbons (Fsp3) is 0. The van der Waals surface area contributed by atoms with Crippen LogP contribution < -0.4 is 11.5 Å². The van der Waals surface area contributed by atoms with Gasteiger partial charge in [0.15, 0.2) is 11.6 Å². The maximum atomic E-state index is 8.76. The molecule has 0 radical (unpaired) electrons.